The molecular formula is C12H17F2N. The molecule has 1 unspecified atom stereocenters. The molecule has 1 atom stereocenters. The lowest BCUT2D eigenvalue weighted by atomic mass is 9.96. The number of hydrogen-bond donors (Lipinski definition) is 1. The Morgan fingerprint density at radius 1 is 1.33 bits per heavy atom. The van der Waals surface area contributed by atoms with Gasteiger partial charge in [-0.25, -0.2) is 8.78 Å². The largest absolute Gasteiger partial charge is 0.319 e. The highest BCUT2D eigenvalue weighted by Gasteiger charge is 2.10. The monoisotopic (exact) mass is 213 g/mol. The molecule has 0 aromatic heterocycles. The summed E-state index contributed by atoms with van der Waals surface area (Å²) in [5.74, 6) is -0.331. The molecule has 84 valence electrons. The van der Waals surface area contributed by atoms with E-state index < -0.39 is 0 Å². The lowest BCUT2D eigenvalue weighted by Crippen LogP contribution is -2.20. The van der Waals surface area contributed by atoms with E-state index >= 15 is 0 Å². The van der Waals surface area contributed by atoms with Gasteiger partial charge >= 0.3 is 0 Å². The average Bonchev–Trinajstić information content (AvgIpc) is 2.22. The third kappa shape index (κ3) is 3.59. The second kappa shape index (κ2) is 5.81. The lowest BCUT2D eigenvalue weighted by molar-refractivity contribution is 0.467. The predicted octanol–water partition coefficient (Wildman–Crippen LogP) is 2.75. The van der Waals surface area contributed by atoms with Crippen LogP contribution in [0.25, 0.3) is 0 Å². The Bertz CT molecular complexity index is 312. The van der Waals surface area contributed by atoms with Gasteiger partial charge < -0.3 is 5.32 Å². The van der Waals surface area contributed by atoms with Crippen molar-refractivity contribution in [3.05, 3.63) is 35.4 Å². The van der Waals surface area contributed by atoms with Gasteiger partial charge in [0, 0.05) is 0 Å². The molecule has 0 aliphatic heterocycles. The van der Waals surface area contributed by atoms with Crippen LogP contribution < -0.4 is 5.32 Å². The van der Waals surface area contributed by atoms with Crippen LogP contribution in [0.4, 0.5) is 8.78 Å². The van der Waals surface area contributed by atoms with Gasteiger partial charge in [-0.15, -0.1) is 0 Å². The van der Waals surface area contributed by atoms with Crippen LogP contribution in [0.15, 0.2) is 18.2 Å². The minimum absolute atomic E-state index is 0.314. The zero-order valence-corrected chi connectivity index (χ0v) is 9.19. The van der Waals surface area contributed by atoms with E-state index in [1.54, 1.807) is 0 Å². The van der Waals surface area contributed by atoms with Crippen molar-refractivity contribution >= 4 is 0 Å². The maximum atomic E-state index is 13.3. The normalized spacial score (nSPS) is 12.8. The van der Waals surface area contributed by atoms with Gasteiger partial charge in [-0.2, -0.15) is 0 Å². The van der Waals surface area contributed by atoms with Crippen molar-refractivity contribution in [2.75, 3.05) is 13.6 Å². The zero-order chi connectivity index (χ0) is 11.3. The topological polar surface area (TPSA) is 12.0 Å². The Balaban J connectivity index is 2.73. The summed E-state index contributed by atoms with van der Waals surface area (Å²) in [7, 11) is 1.87. The van der Waals surface area contributed by atoms with Crippen molar-refractivity contribution in [1.82, 2.24) is 5.32 Å². The molecule has 1 rings (SSSR count). The second-order valence-corrected chi connectivity index (χ2v) is 3.77. The van der Waals surface area contributed by atoms with Crippen molar-refractivity contribution in [3.63, 3.8) is 0 Å². The summed E-state index contributed by atoms with van der Waals surface area (Å²) in [6.07, 6.45) is 1.54. The fourth-order valence-corrected chi connectivity index (χ4v) is 1.66. The number of hydrogen-bond acceptors (Lipinski definition) is 1. The first-order valence-electron chi connectivity index (χ1n) is 5.25. The SMILES string of the molecule is CCC(CNC)Cc1cc(F)ccc1F. The van der Waals surface area contributed by atoms with Crippen LogP contribution in [0.2, 0.25) is 0 Å². The molecule has 0 radical (unpaired) electrons. The maximum absolute atomic E-state index is 13.3. The van der Waals surface area contributed by atoms with Gasteiger partial charge in [-0.3, -0.25) is 0 Å². The van der Waals surface area contributed by atoms with E-state index in [2.05, 4.69) is 12.2 Å². The number of nitrogens with one attached hydrogen (secondary N) is 1. The minimum Gasteiger partial charge on any atom is -0.319 e. The molecule has 0 bridgehead atoms. The highest BCUT2D eigenvalue weighted by molar-refractivity contribution is 5.19. The molecular weight excluding hydrogens is 196 g/mol. The molecule has 3 heteroatoms. The number of halogens is 2. The Hall–Kier alpha value is -0.960. The van der Waals surface area contributed by atoms with Gasteiger partial charge in [0.05, 0.1) is 0 Å². The number of benzene rings is 1. The first-order chi connectivity index (χ1) is 7.17. The van der Waals surface area contributed by atoms with Crippen molar-refractivity contribution in [2.45, 2.75) is 19.8 Å². The van der Waals surface area contributed by atoms with Crippen LogP contribution in [0.5, 0.6) is 0 Å². The Labute approximate surface area is 89.5 Å². The number of rotatable bonds is 5. The first-order valence-corrected chi connectivity index (χ1v) is 5.25. The van der Waals surface area contributed by atoms with Crippen LogP contribution in [0.3, 0.4) is 0 Å². The van der Waals surface area contributed by atoms with E-state index in [-0.39, 0.29) is 11.6 Å². The Morgan fingerprint density at radius 3 is 2.67 bits per heavy atom. The molecule has 0 spiro atoms. The van der Waals surface area contributed by atoms with Gasteiger partial charge in [0.25, 0.3) is 0 Å². The highest BCUT2D eigenvalue weighted by Crippen LogP contribution is 2.16. The average molecular weight is 213 g/mol. The predicted molar refractivity (Wildman–Crippen MR) is 57.8 cm³/mol. The van der Waals surface area contributed by atoms with E-state index in [0.29, 0.717) is 17.9 Å². The van der Waals surface area contributed by atoms with Crippen molar-refractivity contribution in [2.24, 2.45) is 5.92 Å². The smallest absolute Gasteiger partial charge is 0.126 e. The van der Waals surface area contributed by atoms with E-state index in [9.17, 15) is 8.78 Å². The van der Waals surface area contributed by atoms with Gasteiger partial charge in [0.2, 0.25) is 0 Å². The van der Waals surface area contributed by atoms with Gasteiger partial charge in [0.1, 0.15) is 11.6 Å². The van der Waals surface area contributed by atoms with Gasteiger partial charge in [-0.1, -0.05) is 13.3 Å². The third-order valence-electron chi connectivity index (χ3n) is 2.59. The fraction of sp³-hybridized carbons (Fsp3) is 0.500. The summed E-state index contributed by atoms with van der Waals surface area (Å²) in [4.78, 5) is 0. The van der Waals surface area contributed by atoms with Crippen molar-refractivity contribution in [1.29, 1.82) is 0 Å². The summed E-state index contributed by atoms with van der Waals surface area (Å²) in [6.45, 7) is 2.88. The van der Waals surface area contributed by atoms with Gasteiger partial charge in [-0.05, 0) is 49.7 Å². The van der Waals surface area contributed by atoms with E-state index in [1.807, 2.05) is 7.05 Å². The molecule has 0 fully saturated rings. The van der Waals surface area contributed by atoms with Crippen LogP contribution in [-0.2, 0) is 6.42 Å². The summed E-state index contributed by atoms with van der Waals surface area (Å²) < 4.78 is 26.2. The standard InChI is InChI=1S/C12H17F2N/c1-3-9(8-15-2)6-10-7-11(13)4-5-12(10)14/h4-5,7,9,15H,3,6,8H2,1-2H3. The van der Waals surface area contributed by atoms with Crippen LogP contribution >= 0.6 is 0 Å². The summed E-state index contributed by atoms with van der Waals surface area (Å²) in [5.41, 5.74) is 0.470. The second-order valence-electron chi connectivity index (χ2n) is 3.77. The Morgan fingerprint density at radius 2 is 2.07 bits per heavy atom. The molecule has 0 heterocycles. The van der Waals surface area contributed by atoms with E-state index in [4.69, 9.17) is 0 Å². The molecule has 0 saturated carbocycles. The molecule has 0 aliphatic rings. The quantitative estimate of drug-likeness (QED) is 0.793. The first kappa shape index (κ1) is 12.1. The minimum atomic E-state index is -0.370. The summed E-state index contributed by atoms with van der Waals surface area (Å²) >= 11 is 0. The zero-order valence-electron chi connectivity index (χ0n) is 9.19. The highest BCUT2D eigenvalue weighted by atomic mass is 19.1. The summed E-state index contributed by atoms with van der Waals surface area (Å²) in [6, 6.07) is 3.63. The fourth-order valence-electron chi connectivity index (χ4n) is 1.66. The molecule has 0 amide bonds. The van der Waals surface area contributed by atoms with Crippen molar-refractivity contribution in [3.8, 4) is 0 Å². The maximum Gasteiger partial charge on any atom is 0.126 e. The van der Waals surface area contributed by atoms with Crippen LogP contribution in [0, 0.1) is 17.6 Å². The van der Waals surface area contributed by atoms with Crippen LogP contribution in [-0.4, -0.2) is 13.6 Å². The van der Waals surface area contributed by atoms with E-state index in [1.165, 1.54) is 12.1 Å². The third-order valence-corrected chi connectivity index (χ3v) is 2.59. The molecule has 15 heavy (non-hydrogen) atoms. The van der Waals surface area contributed by atoms with E-state index in [0.717, 1.165) is 19.0 Å². The van der Waals surface area contributed by atoms with Gasteiger partial charge in [0.15, 0.2) is 0 Å². The molecule has 0 aliphatic carbocycles. The van der Waals surface area contributed by atoms with Crippen molar-refractivity contribution < 1.29 is 8.78 Å². The molecule has 1 aromatic rings. The molecule has 1 N–H and O–H groups in total. The molecule has 0 saturated heterocycles. The molecule has 1 nitrogen and oxygen atoms in total. The Kier molecular flexibility index (Phi) is 4.69. The lowest BCUT2D eigenvalue weighted by Gasteiger charge is -2.14. The molecule has 1 aromatic carbocycles. The summed E-state index contributed by atoms with van der Waals surface area (Å²) in [5, 5.41) is 3.06. The van der Waals surface area contributed by atoms with Crippen LogP contribution in [0.1, 0.15) is 18.9 Å².